The summed E-state index contributed by atoms with van der Waals surface area (Å²) in [5, 5.41) is 22.5. The van der Waals surface area contributed by atoms with Gasteiger partial charge in [-0.1, -0.05) is 6.07 Å². The minimum Gasteiger partial charge on any atom is -0.371 e. The molecule has 2 aromatic rings. The number of amides is 1. The zero-order valence-electron chi connectivity index (χ0n) is 14.8. The second-order valence-corrected chi connectivity index (χ2v) is 6.46. The van der Waals surface area contributed by atoms with Crippen molar-refractivity contribution in [3.63, 3.8) is 0 Å². The predicted octanol–water partition coefficient (Wildman–Crippen LogP) is 2.78. The topological polar surface area (TPSA) is 93.9 Å². The van der Waals surface area contributed by atoms with Crippen molar-refractivity contribution in [3.8, 4) is 6.07 Å². The molecule has 1 aliphatic heterocycles. The van der Waals surface area contributed by atoms with Crippen molar-refractivity contribution in [2.24, 2.45) is 0 Å². The number of nitrogens with zero attached hydrogens (tertiary/aromatic N) is 4. The van der Waals surface area contributed by atoms with Gasteiger partial charge in [0.05, 0.1) is 0 Å². The summed E-state index contributed by atoms with van der Waals surface area (Å²) in [6.45, 7) is 4.05. The van der Waals surface area contributed by atoms with Gasteiger partial charge in [0.25, 0.3) is 0 Å². The molecule has 7 heteroatoms. The Labute approximate surface area is 153 Å². The zero-order chi connectivity index (χ0) is 18.4. The van der Waals surface area contributed by atoms with Gasteiger partial charge < -0.3 is 15.5 Å². The van der Waals surface area contributed by atoms with Gasteiger partial charge in [-0.2, -0.15) is 5.26 Å². The summed E-state index contributed by atoms with van der Waals surface area (Å²) in [5.74, 6) is 0.477. The van der Waals surface area contributed by atoms with Crippen LogP contribution < -0.4 is 15.5 Å². The SMILES string of the molecule is CC(CC(=O)Nc1cccc(N2CCCC2)c1)Nc1ccc(C#N)nn1. The lowest BCUT2D eigenvalue weighted by molar-refractivity contribution is -0.116. The molecular weight excluding hydrogens is 328 g/mol. The van der Waals surface area contributed by atoms with E-state index < -0.39 is 0 Å². The molecule has 26 heavy (non-hydrogen) atoms. The lowest BCUT2D eigenvalue weighted by Gasteiger charge is -2.19. The van der Waals surface area contributed by atoms with E-state index in [0.29, 0.717) is 12.2 Å². The summed E-state index contributed by atoms with van der Waals surface area (Å²) in [5.41, 5.74) is 2.22. The van der Waals surface area contributed by atoms with Crippen LogP contribution in [0.4, 0.5) is 17.2 Å². The number of anilines is 3. The van der Waals surface area contributed by atoms with Gasteiger partial charge in [-0.25, -0.2) is 0 Å². The molecule has 0 radical (unpaired) electrons. The molecule has 134 valence electrons. The average Bonchev–Trinajstić information content (AvgIpc) is 3.17. The van der Waals surface area contributed by atoms with Gasteiger partial charge in [-0.15, -0.1) is 10.2 Å². The van der Waals surface area contributed by atoms with Gasteiger partial charge in [0, 0.05) is 36.9 Å². The van der Waals surface area contributed by atoms with Crippen LogP contribution in [0.1, 0.15) is 31.9 Å². The molecule has 7 nitrogen and oxygen atoms in total. The standard InChI is InChI=1S/C19H22N6O/c1-14(21-18-8-7-16(13-20)23-24-18)11-19(26)22-15-5-4-6-17(12-15)25-9-2-3-10-25/h4-8,12,14H,2-3,9-11H2,1H3,(H,21,24)(H,22,26). The largest absolute Gasteiger partial charge is 0.371 e. The third kappa shape index (κ3) is 4.70. The first-order valence-corrected chi connectivity index (χ1v) is 8.79. The van der Waals surface area contributed by atoms with Crippen molar-refractivity contribution in [3.05, 3.63) is 42.1 Å². The maximum Gasteiger partial charge on any atom is 0.226 e. The van der Waals surface area contributed by atoms with Crippen LogP contribution in [0.3, 0.4) is 0 Å². The van der Waals surface area contributed by atoms with Gasteiger partial charge in [0.1, 0.15) is 11.9 Å². The summed E-state index contributed by atoms with van der Waals surface area (Å²) in [6.07, 6.45) is 2.74. The van der Waals surface area contributed by atoms with E-state index in [4.69, 9.17) is 5.26 Å². The summed E-state index contributed by atoms with van der Waals surface area (Å²) < 4.78 is 0. The van der Waals surface area contributed by atoms with E-state index in [1.807, 2.05) is 31.2 Å². The number of aromatic nitrogens is 2. The van der Waals surface area contributed by atoms with E-state index in [-0.39, 0.29) is 17.6 Å². The highest BCUT2D eigenvalue weighted by molar-refractivity contribution is 5.91. The molecule has 2 heterocycles. The maximum absolute atomic E-state index is 12.3. The van der Waals surface area contributed by atoms with Crippen LogP contribution in [-0.4, -0.2) is 35.2 Å². The maximum atomic E-state index is 12.3. The fourth-order valence-electron chi connectivity index (χ4n) is 3.02. The summed E-state index contributed by atoms with van der Waals surface area (Å²) >= 11 is 0. The number of nitrogens with one attached hydrogen (secondary N) is 2. The number of hydrogen-bond donors (Lipinski definition) is 2. The van der Waals surface area contributed by atoms with Gasteiger partial charge in [0.2, 0.25) is 5.91 Å². The van der Waals surface area contributed by atoms with E-state index >= 15 is 0 Å². The van der Waals surface area contributed by atoms with Crippen molar-refractivity contribution >= 4 is 23.1 Å². The highest BCUT2D eigenvalue weighted by atomic mass is 16.1. The van der Waals surface area contributed by atoms with Crippen molar-refractivity contribution in [2.45, 2.75) is 32.2 Å². The molecule has 3 rings (SSSR count). The van der Waals surface area contributed by atoms with Gasteiger partial charge in [-0.05, 0) is 50.1 Å². The van der Waals surface area contributed by atoms with Crippen LogP contribution in [0.2, 0.25) is 0 Å². The molecule has 0 aliphatic carbocycles. The smallest absolute Gasteiger partial charge is 0.226 e. The summed E-state index contributed by atoms with van der Waals surface area (Å²) in [4.78, 5) is 14.6. The molecule has 1 amide bonds. The minimum absolute atomic E-state index is 0.0647. The molecule has 1 aliphatic rings. The number of hydrogen-bond acceptors (Lipinski definition) is 6. The van der Waals surface area contributed by atoms with Crippen molar-refractivity contribution in [1.82, 2.24) is 10.2 Å². The second-order valence-electron chi connectivity index (χ2n) is 6.46. The van der Waals surface area contributed by atoms with Crippen LogP contribution in [0.25, 0.3) is 0 Å². The Morgan fingerprint density at radius 2 is 2.08 bits per heavy atom. The molecule has 1 atom stereocenters. The molecule has 1 aromatic heterocycles. The van der Waals surface area contributed by atoms with Crippen molar-refractivity contribution in [2.75, 3.05) is 28.6 Å². The Kier molecular flexibility index (Phi) is 5.64. The highest BCUT2D eigenvalue weighted by Gasteiger charge is 2.14. The lowest BCUT2D eigenvalue weighted by atomic mass is 10.2. The Morgan fingerprint density at radius 1 is 1.27 bits per heavy atom. The highest BCUT2D eigenvalue weighted by Crippen LogP contribution is 2.23. The molecule has 1 saturated heterocycles. The van der Waals surface area contributed by atoms with Crippen molar-refractivity contribution < 1.29 is 4.79 Å². The van der Waals surface area contributed by atoms with E-state index in [0.717, 1.165) is 24.5 Å². The Morgan fingerprint density at radius 3 is 2.77 bits per heavy atom. The van der Waals surface area contributed by atoms with Crippen LogP contribution in [-0.2, 0) is 4.79 Å². The fraction of sp³-hybridized carbons (Fsp3) is 0.368. The number of rotatable bonds is 6. The number of carbonyl (C=O) groups is 1. The Hall–Kier alpha value is -3.14. The summed E-state index contributed by atoms with van der Waals surface area (Å²) in [6, 6.07) is 13.1. The molecule has 1 fully saturated rings. The molecule has 0 spiro atoms. The Bertz CT molecular complexity index is 792. The fourth-order valence-corrected chi connectivity index (χ4v) is 3.02. The van der Waals surface area contributed by atoms with Crippen LogP contribution in [0, 0.1) is 11.3 Å². The normalized spacial score (nSPS) is 14.5. The molecule has 0 bridgehead atoms. The average molecular weight is 350 g/mol. The van der Waals surface area contributed by atoms with Gasteiger partial charge in [-0.3, -0.25) is 4.79 Å². The van der Waals surface area contributed by atoms with Crippen molar-refractivity contribution in [1.29, 1.82) is 5.26 Å². The van der Waals surface area contributed by atoms with Gasteiger partial charge >= 0.3 is 0 Å². The first kappa shape index (κ1) is 17.7. The minimum atomic E-state index is -0.112. The molecular formula is C19H22N6O. The third-order valence-corrected chi connectivity index (χ3v) is 4.27. The number of carbonyl (C=O) groups excluding carboxylic acids is 1. The van der Waals surface area contributed by atoms with Gasteiger partial charge in [0.15, 0.2) is 5.69 Å². The number of benzene rings is 1. The van der Waals surface area contributed by atoms with E-state index in [2.05, 4.69) is 31.8 Å². The first-order valence-electron chi connectivity index (χ1n) is 8.79. The number of nitriles is 1. The molecule has 0 saturated carbocycles. The van der Waals surface area contributed by atoms with Crippen LogP contribution >= 0.6 is 0 Å². The van der Waals surface area contributed by atoms with E-state index in [1.165, 1.54) is 12.8 Å². The van der Waals surface area contributed by atoms with E-state index in [9.17, 15) is 4.79 Å². The lowest BCUT2D eigenvalue weighted by Crippen LogP contribution is -2.24. The zero-order valence-corrected chi connectivity index (χ0v) is 14.8. The molecule has 1 aromatic carbocycles. The van der Waals surface area contributed by atoms with Crippen LogP contribution in [0.15, 0.2) is 36.4 Å². The predicted molar refractivity (Wildman–Crippen MR) is 101 cm³/mol. The second kappa shape index (κ2) is 8.30. The summed E-state index contributed by atoms with van der Waals surface area (Å²) in [7, 11) is 0. The Balaban J connectivity index is 1.53. The molecule has 1 unspecified atom stereocenters. The first-order chi connectivity index (χ1) is 12.6. The quantitative estimate of drug-likeness (QED) is 0.832. The van der Waals surface area contributed by atoms with E-state index in [1.54, 1.807) is 12.1 Å². The van der Waals surface area contributed by atoms with Crippen LogP contribution in [0.5, 0.6) is 0 Å². The monoisotopic (exact) mass is 350 g/mol. The third-order valence-electron chi connectivity index (χ3n) is 4.27. The molecule has 2 N–H and O–H groups in total.